The lowest BCUT2D eigenvalue weighted by molar-refractivity contribution is 0.624. The Labute approximate surface area is 120 Å². The second kappa shape index (κ2) is 4.99. The summed E-state index contributed by atoms with van der Waals surface area (Å²) in [6, 6.07) is 14.4. The quantitative estimate of drug-likeness (QED) is 0.687. The largest absolute Gasteiger partial charge is 0.343 e. The van der Waals surface area contributed by atoms with Crippen LogP contribution in [0.2, 0.25) is 5.02 Å². The molecule has 3 rings (SSSR count). The van der Waals surface area contributed by atoms with Gasteiger partial charge in [0.1, 0.15) is 5.82 Å². The van der Waals surface area contributed by atoms with E-state index in [0.29, 0.717) is 12.1 Å². The van der Waals surface area contributed by atoms with Crippen molar-refractivity contribution in [3.8, 4) is 6.07 Å². The van der Waals surface area contributed by atoms with Gasteiger partial charge in [-0.15, -0.1) is 0 Å². The lowest BCUT2D eigenvalue weighted by Crippen LogP contribution is -1.98. The van der Waals surface area contributed by atoms with Gasteiger partial charge in [-0.05, 0) is 42.0 Å². The van der Waals surface area contributed by atoms with E-state index >= 15 is 0 Å². The molecule has 0 saturated carbocycles. The molecule has 2 aromatic carbocycles. The predicted octanol–water partition coefficient (Wildman–Crippen LogP) is 4.35. The summed E-state index contributed by atoms with van der Waals surface area (Å²) in [7, 11) is 0. The first-order valence-corrected chi connectivity index (χ1v) is 6.48. The molecule has 2 nitrogen and oxygen atoms in total. The normalized spacial score (nSPS) is 10.7. The molecule has 1 aromatic heterocycles. The molecule has 98 valence electrons. The van der Waals surface area contributed by atoms with Gasteiger partial charge in [-0.2, -0.15) is 5.26 Å². The molecule has 0 amide bonds. The minimum absolute atomic E-state index is 0.129. The van der Waals surface area contributed by atoms with Crippen molar-refractivity contribution in [2.24, 2.45) is 0 Å². The van der Waals surface area contributed by atoms with Crippen LogP contribution in [-0.4, -0.2) is 4.57 Å². The van der Waals surface area contributed by atoms with Crippen molar-refractivity contribution >= 4 is 22.5 Å². The molecule has 0 radical (unpaired) electrons. The zero-order chi connectivity index (χ0) is 14.1. The second-order valence-electron chi connectivity index (χ2n) is 4.58. The fraction of sp³-hybridized carbons (Fsp3) is 0.0625. The Morgan fingerprint density at radius 1 is 1.15 bits per heavy atom. The minimum atomic E-state index is -0.410. The molecular formula is C16H10ClFN2. The Morgan fingerprint density at radius 3 is 2.75 bits per heavy atom. The summed E-state index contributed by atoms with van der Waals surface area (Å²) in [5.41, 5.74) is 2.49. The Hall–Kier alpha value is -2.31. The van der Waals surface area contributed by atoms with E-state index in [0.717, 1.165) is 16.5 Å². The maximum absolute atomic E-state index is 13.4. The predicted molar refractivity (Wildman–Crippen MR) is 77.2 cm³/mol. The van der Waals surface area contributed by atoms with Crippen LogP contribution in [0.5, 0.6) is 0 Å². The van der Waals surface area contributed by atoms with Crippen LogP contribution in [0.4, 0.5) is 4.39 Å². The molecule has 0 fully saturated rings. The summed E-state index contributed by atoms with van der Waals surface area (Å²) in [4.78, 5) is 0. The van der Waals surface area contributed by atoms with Crippen molar-refractivity contribution in [1.29, 1.82) is 5.26 Å². The smallest absolute Gasteiger partial charge is 0.142 e. The zero-order valence-electron chi connectivity index (χ0n) is 10.5. The summed E-state index contributed by atoms with van der Waals surface area (Å²) in [6.07, 6.45) is 1.93. The van der Waals surface area contributed by atoms with Gasteiger partial charge in [0.2, 0.25) is 0 Å². The van der Waals surface area contributed by atoms with E-state index in [-0.39, 0.29) is 5.02 Å². The maximum Gasteiger partial charge on any atom is 0.142 e. The van der Waals surface area contributed by atoms with E-state index in [4.69, 9.17) is 16.9 Å². The molecule has 0 aliphatic rings. The van der Waals surface area contributed by atoms with Crippen molar-refractivity contribution in [2.75, 3.05) is 0 Å². The van der Waals surface area contributed by atoms with E-state index in [9.17, 15) is 4.39 Å². The molecule has 0 bridgehead atoms. The van der Waals surface area contributed by atoms with Crippen LogP contribution < -0.4 is 0 Å². The number of rotatable bonds is 2. The SMILES string of the molecule is N#Cc1ccc2c(ccn2Cc2ccc(Cl)c(F)c2)c1. The molecule has 20 heavy (non-hydrogen) atoms. The monoisotopic (exact) mass is 284 g/mol. The first-order chi connectivity index (χ1) is 9.67. The fourth-order valence-corrected chi connectivity index (χ4v) is 2.36. The van der Waals surface area contributed by atoms with Gasteiger partial charge in [0.25, 0.3) is 0 Å². The molecule has 0 atom stereocenters. The Balaban J connectivity index is 1.98. The minimum Gasteiger partial charge on any atom is -0.343 e. The van der Waals surface area contributed by atoms with E-state index in [1.165, 1.54) is 6.07 Å². The van der Waals surface area contributed by atoms with Gasteiger partial charge in [0.05, 0.1) is 16.7 Å². The van der Waals surface area contributed by atoms with E-state index in [1.807, 2.05) is 29.0 Å². The number of halogens is 2. The second-order valence-corrected chi connectivity index (χ2v) is 4.98. The lowest BCUT2D eigenvalue weighted by Gasteiger charge is -2.06. The third-order valence-electron chi connectivity index (χ3n) is 3.24. The van der Waals surface area contributed by atoms with Gasteiger partial charge in [0, 0.05) is 23.6 Å². The summed E-state index contributed by atoms with van der Waals surface area (Å²) >= 11 is 5.68. The van der Waals surface area contributed by atoms with Gasteiger partial charge in [-0.1, -0.05) is 17.7 Å². The van der Waals surface area contributed by atoms with Crippen molar-refractivity contribution < 1.29 is 4.39 Å². The number of aromatic nitrogens is 1. The number of benzene rings is 2. The molecule has 0 N–H and O–H groups in total. The third kappa shape index (κ3) is 2.26. The first kappa shape index (κ1) is 12.7. The highest BCUT2D eigenvalue weighted by Gasteiger charge is 2.05. The number of hydrogen-bond donors (Lipinski definition) is 0. The van der Waals surface area contributed by atoms with Crippen LogP contribution in [0.3, 0.4) is 0 Å². The highest BCUT2D eigenvalue weighted by atomic mass is 35.5. The molecule has 3 aromatic rings. The first-order valence-electron chi connectivity index (χ1n) is 6.10. The van der Waals surface area contributed by atoms with E-state index in [2.05, 4.69) is 6.07 Å². The molecule has 1 heterocycles. The summed E-state index contributed by atoms with van der Waals surface area (Å²) in [5.74, 6) is -0.410. The third-order valence-corrected chi connectivity index (χ3v) is 3.54. The molecule has 0 saturated heterocycles. The van der Waals surface area contributed by atoms with Crippen LogP contribution in [-0.2, 0) is 6.54 Å². The van der Waals surface area contributed by atoms with Crippen LogP contribution in [0.25, 0.3) is 10.9 Å². The van der Waals surface area contributed by atoms with Crippen LogP contribution in [0.1, 0.15) is 11.1 Å². The van der Waals surface area contributed by atoms with Crippen molar-refractivity contribution in [1.82, 2.24) is 4.57 Å². The highest BCUT2D eigenvalue weighted by molar-refractivity contribution is 6.30. The average molecular weight is 285 g/mol. The Bertz CT molecular complexity index is 830. The van der Waals surface area contributed by atoms with Gasteiger partial charge in [0.15, 0.2) is 0 Å². The molecular weight excluding hydrogens is 275 g/mol. The number of hydrogen-bond acceptors (Lipinski definition) is 1. The maximum atomic E-state index is 13.4. The van der Waals surface area contributed by atoms with Crippen LogP contribution >= 0.6 is 11.6 Å². The highest BCUT2D eigenvalue weighted by Crippen LogP contribution is 2.20. The molecule has 4 heteroatoms. The standard InChI is InChI=1S/C16H10ClFN2/c17-14-3-1-12(8-15(14)18)10-20-6-5-13-7-11(9-19)2-4-16(13)20/h1-8H,10H2. The van der Waals surface area contributed by atoms with Crippen LogP contribution in [0.15, 0.2) is 48.7 Å². The van der Waals surface area contributed by atoms with Gasteiger partial charge in [-0.3, -0.25) is 0 Å². The fourth-order valence-electron chi connectivity index (χ4n) is 2.24. The number of nitrogens with zero attached hydrogens (tertiary/aromatic N) is 2. The topological polar surface area (TPSA) is 28.7 Å². The van der Waals surface area contributed by atoms with Gasteiger partial charge >= 0.3 is 0 Å². The molecule has 0 spiro atoms. The number of fused-ring (bicyclic) bond motifs is 1. The zero-order valence-corrected chi connectivity index (χ0v) is 11.2. The van der Waals surface area contributed by atoms with Gasteiger partial charge < -0.3 is 4.57 Å². The molecule has 0 unspecified atom stereocenters. The van der Waals surface area contributed by atoms with Crippen LogP contribution in [0, 0.1) is 17.1 Å². The summed E-state index contributed by atoms with van der Waals surface area (Å²) < 4.78 is 15.5. The van der Waals surface area contributed by atoms with Crippen molar-refractivity contribution in [3.63, 3.8) is 0 Å². The molecule has 0 aliphatic carbocycles. The average Bonchev–Trinajstić information content (AvgIpc) is 2.85. The Kier molecular flexibility index (Phi) is 3.17. The van der Waals surface area contributed by atoms with Gasteiger partial charge in [-0.25, -0.2) is 4.39 Å². The Morgan fingerprint density at radius 2 is 2.00 bits per heavy atom. The van der Waals surface area contributed by atoms with Crippen molar-refractivity contribution in [2.45, 2.75) is 6.54 Å². The van der Waals surface area contributed by atoms with Crippen molar-refractivity contribution in [3.05, 3.63) is 70.6 Å². The number of nitriles is 1. The molecule has 0 aliphatic heterocycles. The van der Waals surface area contributed by atoms with E-state index < -0.39 is 5.82 Å². The lowest BCUT2D eigenvalue weighted by atomic mass is 10.2. The summed E-state index contributed by atoms with van der Waals surface area (Å²) in [5, 5.41) is 10.0. The summed E-state index contributed by atoms with van der Waals surface area (Å²) in [6.45, 7) is 0.559. The van der Waals surface area contributed by atoms with E-state index in [1.54, 1.807) is 18.2 Å².